The van der Waals surface area contributed by atoms with Crippen molar-refractivity contribution < 1.29 is 9.53 Å². The third kappa shape index (κ3) is 4.43. The third-order valence-electron chi connectivity index (χ3n) is 6.26. The van der Waals surface area contributed by atoms with Crippen LogP contribution in [-0.2, 0) is 11.4 Å². The first-order valence-corrected chi connectivity index (χ1v) is 11.6. The molecule has 4 rings (SSSR count). The van der Waals surface area contributed by atoms with Crippen LogP contribution in [0, 0.1) is 17.3 Å². The molecular formula is C23H24Br2N2O2. The lowest BCUT2D eigenvalue weighted by Crippen LogP contribution is -2.22. The van der Waals surface area contributed by atoms with Crippen LogP contribution in [0.15, 0.2) is 56.5 Å². The highest BCUT2D eigenvalue weighted by Crippen LogP contribution is 2.66. The number of hydrazone groups is 1. The van der Waals surface area contributed by atoms with Gasteiger partial charge in [0.05, 0.1) is 10.7 Å². The summed E-state index contributed by atoms with van der Waals surface area (Å²) in [7, 11) is 0. The molecule has 3 atom stereocenters. The summed E-state index contributed by atoms with van der Waals surface area (Å²) in [6, 6.07) is 13.9. The molecule has 0 bridgehead atoms. The van der Waals surface area contributed by atoms with E-state index in [0.29, 0.717) is 18.3 Å². The average molecular weight is 520 g/mol. The van der Waals surface area contributed by atoms with Crippen molar-refractivity contribution in [3.63, 3.8) is 0 Å². The summed E-state index contributed by atoms with van der Waals surface area (Å²) < 4.78 is 7.79. The number of benzene rings is 2. The monoisotopic (exact) mass is 518 g/mol. The molecular weight excluding hydrogens is 496 g/mol. The molecule has 0 radical (unpaired) electrons. The first-order chi connectivity index (χ1) is 14.0. The van der Waals surface area contributed by atoms with Crippen LogP contribution in [0.1, 0.15) is 43.7 Å². The van der Waals surface area contributed by atoms with Gasteiger partial charge in [0.15, 0.2) is 0 Å². The molecule has 2 aliphatic rings. The molecule has 0 heterocycles. The van der Waals surface area contributed by atoms with Crippen LogP contribution >= 0.6 is 31.9 Å². The Morgan fingerprint density at radius 1 is 1.28 bits per heavy atom. The maximum atomic E-state index is 12.6. The van der Waals surface area contributed by atoms with Gasteiger partial charge in [0.2, 0.25) is 5.91 Å². The van der Waals surface area contributed by atoms with Crippen LogP contribution in [-0.4, -0.2) is 12.1 Å². The minimum atomic E-state index is 0.0384. The van der Waals surface area contributed by atoms with Crippen molar-refractivity contribution in [1.82, 2.24) is 5.43 Å². The molecule has 0 spiro atoms. The summed E-state index contributed by atoms with van der Waals surface area (Å²) in [5.74, 6) is 1.36. The van der Waals surface area contributed by atoms with Gasteiger partial charge in [0, 0.05) is 16.0 Å². The van der Waals surface area contributed by atoms with Crippen molar-refractivity contribution in [2.24, 2.45) is 22.4 Å². The number of nitrogens with zero attached hydrogens (tertiary/aromatic N) is 1. The quantitative estimate of drug-likeness (QED) is 0.372. The average Bonchev–Trinajstić information content (AvgIpc) is 3.33. The fourth-order valence-electron chi connectivity index (χ4n) is 4.64. The van der Waals surface area contributed by atoms with Crippen molar-refractivity contribution in [2.75, 3.05) is 0 Å². The van der Waals surface area contributed by atoms with Gasteiger partial charge in [-0.25, -0.2) is 5.43 Å². The van der Waals surface area contributed by atoms with Gasteiger partial charge in [-0.15, -0.1) is 0 Å². The maximum absolute atomic E-state index is 12.6. The molecule has 6 heteroatoms. The maximum Gasteiger partial charge on any atom is 0.244 e. The van der Waals surface area contributed by atoms with E-state index in [9.17, 15) is 4.79 Å². The summed E-state index contributed by atoms with van der Waals surface area (Å²) in [6.07, 6.45) is 6.43. The van der Waals surface area contributed by atoms with Gasteiger partial charge in [-0.1, -0.05) is 66.0 Å². The molecule has 2 aromatic rings. The van der Waals surface area contributed by atoms with Crippen LogP contribution in [0.3, 0.4) is 0 Å². The standard InChI is InChI=1S/C23H24Br2N2O2/c1-23-10-6-5-9-18(23)20(23)22(28)27-26-13-16-11-17(24)12-19(25)21(16)29-14-15-7-3-2-4-8-15/h2-4,7-8,11-13,18,20H,5-6,9-10,14H2,1H3,(H,27,28)/b26-13-/t18-,20+,23-/m0/s1. The van der Waals surface area contributed by atoms with E-state index < -0.39 is 0 Å². The highest BCUT2D eigenvalue weighted by molar-refractivity contribution is 9.11. The minimum Gasteiger partial charge on any atom is -0.487 e. The van der Waals surface area contributed by atoms with E-state index in [1.165, 1.54) is 12.8 Å². The van der Waals surface area contributed by atoms with E-state index in [2.05, 4.69) is 49.3 Å². The van der Waals surface area contributed by atoms with E-state index in [1.807, 2.05) is 42.5 Å². The van der Waals surface area contributed by atoms with Gasteiger partial charge in [0.1, 0.15) is 12.4 Å². The zero-order valence-corrected chi connectivity index (χ0v) is 19.5. The Hall–Kier alpha value is -1.66. The predicted molar refractivity (Wildman–Crippen MR) is 122 cm³/mol. The van der Waals surface area contributed by atoms with Gasteiger partial charge < -0.3 is 4.74 Å². The number of halogens is 2. The number of fused-ring (bicyclic) bond motifs is 1. The predicted octanol–water partition coefficient (Wildman–Crippen LogP) is 6.07. The number of carbonyl (C=O) groups excluding carboxylic acids is 1. The molecule has 29 heavy (non-hydrogen) atoms. The van der Waals surface area contributed by atoms with Crippen molar-refractivity contribution in [3.8, 4) is 5.75 Å². The Kier molecular flexibility index (Phi) is 6.11. The lowest BCUT2D eigenvalue weighted by Gasteiger charge is -2.15. The van der Waals surface area contributed by atoms with Crippen LogP contribution in [0.25, 0.3) is 0 Å². The molecule has 152 valence electrons. The van der Waals surface area contributed by atoms with Crippen molar-refractivity contribution >= 4 is 44.0 Å². The molecule has 1 amide bonds. The normalized spacial score (nSPS) is 25.5. The molecule has 0 saturated heterocycles. The smallest absolute Gasteiger partial charge is 0.244 e. The fraction of sp³-hybridized carbons (Fsp3) is 0.391. The topological polar surface area (TPSA) is 50.7 Å². The molecule has 2 aromatic carbocycles. The third-order valence-corrected chi connectivity index (χ3v) is 7.30. The van der Waals surface area contributed by atoms with Crippen LogP contribution in [0.5, 0.6) is 5.75 Å². The Labute approximate surface area is 188 Å². The Morgan fingerprint density at radius 3 is 2.79 bits per heavy atom. The second kappa shape index (κ2) is 8.60. The second-order valence-electron chi connectivity index (χ2n) is 8.15. The molecule has 1 N–H and O–H groups in total. The lowest BCUT2D eigenvalue weighted by molar-refractivity contribution is -0.123. The Balaban J connectivity index is 1.44. The number of hydrogen-bond acceptors (Lipinski definition) is 3. The van der Waals surface area contributed by atoms with Crippen molar-refractivity contribution in [2.45, 2.75) is 39.2 Å². The van der Waals surface area contributed by atoms with E-state index in [4.69, 9.17) is 4.74 Å². The largest absolute Gasteiger partial charge is 0.487 e. The van der Waals surface area contributed by atoms with Gasteiger partial charge in [-0.2, -0.15) is 5.10 Å². The summed E-state index contributed by atoms with van der Waals surface area (Å²) in [5.41, 5.74) is 4.82. The number of amides is 1. The number of rotatable bonds is 6. The first-order valence-electron chi connectivity index (χ1n) is 9.98. The van der Waals surface area contributed by atoms with Gasteiger partial charge in [-0.3, -0.25) is 4.79 Å². The summed E-state index contributed by atoms with van der Waals surface area (Å²) in [6.45, 7) is 2.70. The van der Waals surface area contributed by atoms with Crippen LogP contribution in [0.2, 0.25) is 0 Å². The lowest BCUT2D eigenvalue weighted by atomic mass is 9.90. The summed E-state index contributed by atoms with van der Waals surface area (Å²) >= 11 is 7.08. The highest BCUT2D eigenvalue weighted by atomic mass is 79.9. The number of nitrogens with one attached hydrogen (secondary N) is 1. The molecule has 4 nitrogen and oxygen atoms in total. The number of carbonyl (C=O) groups is 1. The second-order valence-corrected chi connectivity index (χ2v) is 9.92. The zero-order chi connectivity index (χ0) is 20.4. The molecule has 0 aliphatic heterocycles. The van der Waals surface area contributed by atoms with Gasteiger partial charge in [-0.05, 0) is 57.8 Å². The van der Waals surface area contributed by atoms with E-state index >= 15 is 0 Å². The van der Waals surface area contributed by atoms with E-state index in [-0.39, 0.29) is 17.2 Å². The fourth-order valence-corrected chi connectivity index (χ4v) is 6.02. The van der Waals surface area contributed by atoms with Crippen LogP contribution in [0.4, 0.5) is 0 Å². The Morgan fingerprint density at radius 2 is 2.07 bits per heavy atom. The summed E-state index contributed by atoms with van der Waals surface area (Å²) in [4.78, 5) is 12.6. The summed E-state index contributed by atoms with van der Waals surface area (Å²) in [5, 5.41) is 4.24. The number of hydrogen-bond donors (Lipinski definition) is 1. The highest BCUT2D eigenvalue weighted by Gasteiger charge is 2.64. The van der Waals surface area contributed by atoms with Gasteiger partial charge >= 0.3 is 0 Å². The molecule has 2 aliphatic carbocycles. The molecule has 2 saturated carbocycles. The number of ether oxygens (including phenoxy) is 1. The first kappa shape index (κ1) is 20.6. The Bertz CT molecular complexity index is 932. The molecule has 0 aromatic heterocycles. The van der Waals surface area contributed by atoms with Crippen molar-refractivity contribution in [3.05, 3.63) is 62.5 Å². The van der Waals surface area contributed by atoms with Crippen molar-refractivity contribution in [1.29, 1.82) is 0 Å². The molecule has 2 fully saturated rings. The van der Waals surface area contributed by atoms with E-state index in [0.717, 1.165) is 32.9 Å². The molecule has 0 unspecified atom stereocenters. The van der Waals surface area contributed by atoms with Gasteiger partial charge in [0.25, 0.3) is 0 Å². The van der Waals surface area contributed by atoms with Crippen LogP contribution < -0.4 is 10.2 Å². The van der Waals surface area contributed by atoms with E-state index in [1.54, 1.807) is 6.21 Å². The minimum absolute atomic E-state index is 0.0384. The zero-order valence-electron chi connectivity index (χ0n) is 16.3. The SMILES string of the molecule is C[C@]12CCCC[C@H]1[C@@H]2C(=O)N/N=C\c1cc(Br)cc(Br)c1OCc1ccccc1.